The van der Waals surface area contributed by atoms with E-state index in [0.29, 0.717) is 5.71 Å². The second-order valence-electron chi connectivity index (χ2n) is 6.51. The van der Waals surface area contributed by atoms with E-state index in [9.17, 15) is 4.79 Å². The fourth-order valence-corrected chi connectivity index (χ4v) is 3.34. The highest BCUT2D eigenvalue weighted by atomic mass is 16.7. The molecule has 0 amide bonds. The van der Waals surface area contributed by atoms with Crippen LogP contribution < -0.4 is 0 Å². The van der Waals surface area contributed by atoms with Crippen molar-refractivity contribution in [3.63, 3.8) is 0 Å². The minimum Gasteiger partial charge on any atom is -0.318 e. The van der Waals surface area contributed by atoms with Crippen LogP contribution in [0.4, 0.5) is 0 Å². The lowest BCUT2D eigenvalue weighted by atomic mass is 10.0. The SMILES string of the molecule is C/C(=N\OC(=O)Cc1ccccc1)c1ccc2c(c1)Cc1ccccc1-2. The van der Waals surface area contributed by atoms with E-state index in [1.54, 1.807) is 0 Å². The van der Waals surface area contributed by atoms with Crippen molar-refractivity contribution in [2.75, 3.05) is 0 Å². The second kappa shape index (κ2) is 6.96. The third-order valence-corrected chi connectivity index (χ3v) is 4.69. The van der Waals surface area contributed by atoms with Crippen LogP contribution in [0.2, 0.25) is 0 Å². The average Bonchev–Trinajstić information content (AvgIpc) is 3.04. The van der Waals surface area contributed by atoms with Gasteiger partial charge in [0.25, 0.3) is 0 Å². The molecule has 3 aromatic rings. The fourth-order valence-electron chi connectivity index (χ4n) is 3.34. The summed E-state index contributed by atoms with van der Waals surface area (Å²) in [5.41, 5.74) is 7.81. The summed E-state index contributed by atoms with van der Waals surface area (Å²) in [5, 5.41) is 4.03. The molecule has 3 nitrogen and oxygen atoms in total. The zero-order valence-electron chi connectivity index (χ0n) is 14.6. The van der Waals surface area contributed by atoms with E-state index in [4.69, 9.17) is 4.84 Å². The zero-order valence-corrected chi connectivity index (χ0v) is 14.6. The lowest BCUT2D eigenvalue weighted by Crippen LogP contribution is -2.06. The minimum absolute atomic E-state index is 0.219. The molecular formula is C23H19NO2. The summed E-state index contributed by atoms with van der Waals surface area (Å²) in [7, 11) is 0. The van der Waals surface area contributed by atoms with Gasteiger partial charge in [0.1, 0.15) is 0 Å². The van der Waals surface area contributed by atoms with Gasteiger partial charge in [-0.25, -0.2) is 4.79 Å². The zero-order chi connectivity index (χ0) is 17.9. The number of benzene rings is 3. The Hall–Kier alpha value is -3.20. The van der Waals surface area contributed by atoms with Gasteiger partial charge in [0.15, 0.2) is 0 Å². The molecule has 3 heteroatoms. The van der Waals surface area contributed by atoms with Crippen molar-refractivity contribution in [1.82, 2.24) is 0 Å². The van der Waals surface area contributed by atoms with Crippen molar-refractivity contribution in [3.8, 4) is 11.1 Å². The van der Waals surface area contributed by atoms with Gasteiger partial charge in [0.2, 0.25) is 0 Å². The van der Waals surface area contributed by atoms with Crippen molar-refractivity contribution in [3.05, 3.63) is 95.1 Å². The van der Waals surface area contributed by atoms with E-state index in [1.807, 2.05) is 43.3 Å². The molecule has 0 heterocycles. The summed E-state index contributed by atoms with van der Waals surface area (Å²) >= 11 is 0. The van der Waals surface area contributed by atoms with Crippen LogP contribution in [0.15, 0.2) is 78.0 Å². The Bertz CT molecular complexity index is 990. The average molecular weight is 341 g/mol. The molecule has 0 N–H and O–H groups in total. The number of fused-ring (bicyclic) bond motifs is 3. The first-order valence-corrected chi connectivity index (χ1v) is 8.70. The molecule has 4 rings (SSSR count). The highest BCUT2D eigenvalue weighted by Gasteiger charge is 2.18. The topological polar surface area (TPSA) is 38.7 Å². The quantitative estimate of drug-likeness (QED) is 0.305. The Kier molecular flexibility index (Phi) is 4.36. The van der Waals surface area contributed by atoms with E-state index >= 15 is 0 Å². The van der Waals surface area contributed by atoms with Crippen molar-refractivity contribution < 1.29 is 9.63 Å². The van der Waals surface area contributed by atoms with Crippen LogP contribution in [0.25, 0.3) is 11.1 Å². The summed E-state index contributed by atoms with van der Waals surface area (Å²) in [5.74, 6) is -0.357. The summed E-state index contributed by atoms with van der Waals surface area (Å²) in [6.45, 7) is 1.86. The standard InChI is InChI=1S/C23H19NO2/c1-16(24-26-23(25)13-17-7-3-2-4-8-17)18-11-12-22-20(14-18)15-19-9-5-6-10-21(19)22/h2-12,14H,13,15H2,1H3/b24-16+. The largest absolute Gasteiger partial charge is 0.339 e. The van der Waals surface area contributed by atoms with Gasteiger partial charge >= 0.3 is 5.97 Å². The van der Waals surface area contributed by atoms with Gasteiger partial charge in [-0.2, -0.15) is 0 Å². The Morgan fingerprint density at radius 3 is 2.50 bits per heavy atom. The molecule has 0 aromatic heterocycles. The van der Waals surface area contributed by atoms with Crippen LogP contribution in [-0.4, -0.2) is 11.7 Å². The maximum Gasteiger partial charge on any atom is 0.339 e. The maximum absolute atomic E-state index is 12.0. The molecule has 0 spiro atoms. The summed E-state index contributed by atoms with van der Waals surface area (Å²) in [4.78, 5) is 17.0. The van der Waals surface area contributed by atoms with E-state index in [2.05, 4.69) is 41.6 Å². The lowest BCUT2D eigenvalue weighted by Gasteiger charge is -2.05. The first kappa shape index (κ1) is 16.3. The summed E-state index contributed by atoms with van der Waals surface area (Å²) < 4.78 is 0. The molecule has 0 saturated carbocycles. The maximum atomic E-state index is 12.0. The van der Waals surface area contributed by atoms with Gasteiger partial charge in [-0.1, -0.05) is 71.9 Å². The number of nitrogens with zero attached hydrogens (tertiary/aromatic N) is 1. The third-order valence-electron chi connectivity index (χ3n) is 4.69. The van der Waals surface area contributed by atoms with Crippen molar-refractivity contribution in [2.45, 2.75) is 19.8 Å². The van der Waals surface area contributed by atoms with Crippen LogP contribution >= 0.6 is 0 Å². The van der Waals surface area contributed by atoms with E-state index in [0.717, 1.165) is 17.5 Å². The second-order valence-corrected chi connectivity index (χ2v) is 6.51. The smallest absolute Gasteiger partial charge is 0.318 e. The Morgan fingerprint density at radius 2 is 1.65 bits per heavy atom. The fraction of sp³-hybridized carbons (Fsp3) is 0.130. The van der Waals surface area contributed by atoms with Crippen LogP contribution in [0.5, 0.6) is 0 Å². The number of hydrogen-bond donors (Lipinski definition) is 0. The van der Waals surface area contributed by atoms with E-state index in [1.165, 1.54) is 22.3 Å². The molecule has 0 radical (unpaired) electrons. The molecular weight excluding hydrogens is 322 g/mol. The van der Waals surface area contributed by atoms with Crippen LogP contribution in [0.1, 0.15) is 29.2 Å². The normalized spacial score (nSPS) is 12.4. The highest BCUT2D eigenvalue weighted by Crippen LogP contribution is 2.36. The molecule has 1 aliphatic rings. The Balaban J connectivity index is 1.47. The van der Waals surface area contributed by atoms with E-state index in [-0.39, 0.29) is 12.4 Å². The Morgan fingerprint density at radius 1 is 0.923 bits per heavy atom. The van der Waals surface area contributed by atoms with Crippen LogP contribution in [0, 0.1) is 0 Å². The summed E-state index contributed by atoms with van der Waals surface area (Å²) in [6, 6.07) is 24.3. The first-order valence-electron chi connectivity index (χ1n) is 8.70. The van der Waals surface area contributed by atoms with Crippen molar-refractivity contribution >= 4 is 11.7 Å². The Labute approximate surface area is 152 Å². The number of hydrogen-bond acceptors (Lipinski definition) is 3. The van der Waals surface area contributed by atoms with E-state index < -0.39 is 0 Å². The first-order chi connectivity index (χ1) is 12.7. The number of carbonyl (C=O) groups is 1. The van der Waals surface area contributed by atoms with Gasteiger partial charge in [-0.05, 0) is 52.8 Å². The molecule has 0 atom stereocenters. The predicted molar refractivity (Wildman–Crippen MR) is 103 cm³/mol. The molecule has 26 heavy (non-hydrogen) atoms. The van der Waals surface area contributed by atoms with Crippen LogP contribution in [-0.2, 0) is 22.5 Å². The molecule has 1 aliphatic carbocycles. The van der Waals surface area contributed by atoms with Crippen molar-refractivity contribution in [1.29, 1.82) is 0 Å². The van der Waals surface area contributed by atoms with Gasteiger partial charge in [0.05, 0.1) is 12.1 Å². The number of rotatable bonds is 4. The third kappa shape index (κ3) is 3.29. The molecule has 0 aliphatic heterocycles. The van der Waals surface area contributed by atoms with Gasteiger partial charge in [-0.15, -0.1) is 0 Å². The number of oxime groups is 1. The minimum atomic E-state index is -0.357. The molecule has 0 saturated heterocycles. The molecule has 0 unspecified atom stereocenters. The molecule has 3 aromatic carbocycles. The van der Waals surface area contributed by atoms with Gasteiger partial charge in [0, 0.05) is 0 Å². The molecule has 128 valence electrons. The highest BCUT2D eigenvalue weighted by molar-refractivity contribution is 5.99. The molecule has 0 bridgehead atoms. The predicted octanol–water partition coefficient (Wildman–Crippen LogP) is 4.77. The number of carbonyl (C=O) groups excluding carboxylic acids is 1. The lowest BCUT2D eigenvalue weighted by molar-refractivity contribution is -0.142. The van der Waals surface area contributed by atoms with Gasteiger partial charge < -0.3 is 4.84 Å². The summed E-state index contributed by atoms with van der Waals surface area (Å²) in [6.07, 6.45) is 1.15. The van der Waals surface area contributed by atoms with Gasteiger partial charge in [-0.3, -0.25) is 0 Å². The van der Waals surface area contributed by atoms with Crippen molar-refractivity contribution in [2.24, 2.45) is 5.16 Å². The monoisotopic (exact) mass is 341 g/mol. The molecule has 0 fully saturated rings. The van der Waals surface area contributed by atoms with Crippen LogP contribution in [0.3, 0.4) is 0 Å².